The van der Waals surface area contributed by atoms with Gasteiger partial charge in [0.05, 0.1) is 12.6 Å². The van der Waals surface area contributed by atoms with Gasteiger partial charge in [0.25, 0.3) is 0 Å². The van der Waals surface area contributed by atoms with Crippen LogP contribution in [0.4, 0.5) is 0 Å². The van der Waals surface area contributed by atoms with E-state index in [-0.39, 0.29) is 6.61 Å². The van der Waals surface area contributed by atoms with Crippen LogP contribution in [-0.4, -0.2) is 30.3 Å². The van der Waals surface area contributed by atoms with Gasteiger partial charge in [0.15, 0.2) is 0 Å². The summed E-state index contributed by atoms with van der Waals surface area (Å²) >= 11 is 1.32. The van der Waals surface area contributed by atoms with E-state index in [1.165, 1.54) is 11.9 Å². The van der Waals surface area contributed by atoms with Crippen molar-refractivity contribution >= 4 is 18.2 Å². The van der Waals surface area contributed by atoms with Crippen molar-refractivity contribution in [1.29, 1.82) is 0 Å². The predicted octanol–water partition coefficient (Wildman–Crippen LogP) is -0.586. The van der Waals surface area contributed by atoms with Crippen molar-refractivity contribution < 1.29 is 9.90 Å². The first-order valence-electron chi connectivity index (χ1n) is 2.19. The number of aldehydes is 1. The highest BCUT2D eigenvalue weighted by Gasteiger charge is 2.00. The Morgan fingerprint density at radius 2 is 2.62 bits per heavy atom. The fraction of sp³-hybridized carbons (Fsp3) is 0.750. The lowest BCUT2D eigenvalue weighted by Crippen LogP contribution is -2.27. The summed E-state index contributed by atoms with van der Waals surface area (Å²) in [5.74, 6) is 0. The number of carbonyl (C=O) groups excluding carboxylic acids is 1. The maximum atomic E-state index is 9.89. The molecule has 0 rings (SSSR count). The molecule has 0 aliphatic rings. The van der Waals surface area contributed by atoms with Crippen LogP contribution < -0.4 is 4.72 Å². The van der Waals surface area contributed by atoms with Crippen LogP contribution >= 0.6 is 11.9 Å². The Morgan fingerprint density at radius 3 is 2.75 bits per heavy atom. The van der Waals surface area contributed by atoms with E-state index in [9.17, 15) is 4.79 Å². The van der Waals surface area contributed by atoms with E-state index < -0.39 is 6.04 Å². The van der Waals surface area contributed by atoms with Gasteiger partial charge in [0, 0.05) is 0 Å². The number of hydrogen-bond donors (Lipinski definition) is 2. The highest BCUT2D eigenvalue weighted by Crippen LogP contribution is 1.85. The van der Waals surface area contributed by atoms with Gasteiger partial charge in [0.1, 0.15) is 6.29 Å². The van der Waals surface area contributed by atoms with Gasteiger partial charge < -0.3 is 9.90 Å². The molecule has 0 heterocycles. The standard InChI is InChI=1S/C4H9NO2S/c1-8-5-4(2-6)3-7/h2,4-5,7H,3H2,1H3/t4-/m1/s1. The van der Waals surface area contributed by atoms with Gasteiger partial charge in [-0.05, 0) is 6.26 Å². The average molecular weight is 135 g/mol. The summed E-state index contributed by atoms with van der Waals surface area (Å²) in [6.07, 6.45) is 2.47. The van der Waals surface area contributed by atoms with Gasteiger partial charge in [-0.15, -0.1) is 0 Å². The van der Waals surface area contributed by atoms with E-state index in [0.29, 0.717) is 6.29 Å². The molecule has 0 bridgehead atoms. The molecule has 0 aliphatic heterocycles. The third-order valence-electron chi connectivity index (χ3n) is 0.630. The van der Waals surface area contributed by atoms with Crippen LogP contribution in [0.3, 0.4) is 0 Å². The molecule has 4 heteroatoms. The van der Waals surface area contributed by atoms with Crippen molar-refractivity contribution in [3.8, 4) is 0 Å². The second kappa shape index (κ2) is 5.08. The van der Waals surface area contributed by atoms with Crippen molar-refractivity contribution in [2.24, 2.45) is 0 Å². The zero-order chi connectivity index (χ0) is 6.41. The van der Waals surface area contributed by atoms with Gasteiger partial charge >= 0.3 is 0 Å². The first-order chi connectivity index (χ1) is 3.85. The summed E-state index contributed by atoms with van der Waals surface area (Å²) in [5.41, 5.74) is 0. The molecule has 0 aromatic carbocycles. The van der Waals surface area contributed by atoms with E-state index in [2.05, 4.69) is 4.72 Å². The first kappa shape index (κ1) is 7.94. The monoisotopic (exact) mass is 135 g/mol. The number of nitrogens with one attached hydrogen (secondary N) is 1. The topological polar surface area (TPSA) is 49.3 Å². The largest absolute Gasteiger partial charge is 0.394 e. The van der Waals surface area contributed by atoms with Crippen molar-refractivity contribution in [2.45, 2.75) is 6.04 Å². The second-order valence-corrected chi connectivity index (χ2v) is 1.89. The number of carbonyl (C=O) groups is 1. The normalized spacial score (nSPS) is 13.2. The fourth-order valence-corrected chi connectivity index (χ4v) is 0.692. The van der Waals surface area contributed by atoms with Gasteiger partial charge in [-0.25, -0.2) is 0 Å². The van der Waals surface area contributed by atoms with Crippen LogP contribution in [0.1, 0.15) is 0 Å². The lowest BCUT2D eigenvalue weighted by atomic mass is 10.4. The number of aliphatic hydroxyl groups is 1. The molecule has 0 radical (unpaired) electrons. The van der Waals surface area contributed by atoms with E-state index >= 15 is 0 Å². The zero-order valence-electron chi connectivity index (χ0n) is 4.63. The Balaban J connectivity index is 3.21. The summed E-state index contributed by atoms with van der Waals surface area (Å²) in [6.45, 7) is -0.135. The molecule has 3 nitrogen and oxygen atoms in total. The van der Waals surface area contributed by atoms with Crippen LogP contribution in [0.5, 0.6) is 0 Å². The molecule has 0 spiro atoms. The van der Waals surface area contributed by atoms with Crippen LogP contribution in [0.15, 0.2) is 0 Å². The van der Waals surface area contributed by atoms with Crippen LogP contribution in [0, 0.1) is 0 Å². The van der Waals surface area contributed by atoms with Gasteiger partial charge in [-0.2, -0.15) is 0 Å². The van der Waals surface area contributed by atoms with Gasteiger partial charge in [0.2, 0.25) is 0 Å². The number of hydrogen-bond acceptors (Lipinski definition) is 4. The SMILES string of the molecule is CSN[C@H](C=O)CO. The predicted molar refractivity (Wildman–Crippen MR) is 33.6 cm³/mol. The minimum absolute atomic E-state index is 0.135. The van der Waals surface area contributed by atoms with E-state index in [1.54, 1.807) is 6.26 Å². The Hall–Kier alpha value is -0.0600. The molecule has 0 saturated heterocycles. The quantitative estimate of drug-likeness (QED) is 0.400. The molecule has 48 valence electrons. The zero-order valence-corrected chi connectivity index (χ0v) is 5.44. The molecule has 8 heavy (non-hydrogen) atoms. The van der Waals surface area contributed by atoms with Crippen LogP contribution in [-0.2, 0) is 4.79 Å². The molecule has 0 fully saturated rings. The highest BCUT2D eigenvalue weighted by atomic mass is 32.2. The molecule has 1 atom stereocenters. The lowest BCUT2D eigenvalue weighted by Gasteiger charge is -2.03. The van der Waals surface area contributed by atoms with E-state index in [1.807, 2.05) is 0 Å². The summed E-state index contributed by atoms with van der Waals surface area (Å²) < 4.78 is 2.68. The van der Waals surface area contributed by atoms with Crippen molar-refractivity contribution in [3.05, 3.63) is 0 Å². The first-order valence-corrected chi connectivity index (χ1v) is 3.42. The van der Waals surface area contributed by atoms with Crippen molar-refractivity contribution in [2.75, 3.05) is 12.9 Å². The summed E-state index contributed by atoms with van der Waals surface area (Å²) in [6, 6.07) is -0.412. The third kappa shape index (κ3) is 3.01. The van der Waals surface area contributed by atoms with Gasteiger partial charge in [-0.3, -0.25) is 4.72 Å². The Morgan fingerprint density at radius 1 is 2.00 bits per heavy atom. The summed E-state index contributed by atoms with van der Waals surface area (Å²) in [4.78, 5) is 9.89. The number of rotatable bonds is 4. The summed E-state index contributed by atoms with van der Waals surface area (Å²) in [7, 11) is 0. The molecule has 0 aliphatic carbocycles. The van der Waals surface area contributed by atoms with Crippen LogP contribution in [0.2, 0.25) is 0 Å². The highest BCUT2D eigenvalue weighted by molar-refractivity contribution is 7.96. The molecular formula is C4H9NO2S. The Kier molecular flexibility index (Phi) is 5.05. The Labute approximate surface area is 52.6 Å². The van der Waals surface area contributed by atoms with Crippen molar-refractivity contribution in [1.82, 2.24) is 4.72 Å². The molecule has 0 aromatic rings. The average Bonchev–Trinajstić information content (AvgIpc) is 1.83. The van der Waals surface area contributed by atoms with Gasteiger partial charge in [-0.1, -0.05) is 11.9 Å². The second-order valence-electron chi connectivity index (χ2n) is 1.25. The number of aliphatic hydroxyl groups excluding tert-OH is 1. The third-order valence-corrected chi connectivity index (χ3v) is 1.17. The Bertz CT molecular complexity index is 69.1. The minimum atomic E-state index is -0.412. The molecule has 2 N–H and O–H groups in total. The fourth-order valence-electron chi connectivity index (χ4n) is 0.259. The van der Waals surface area contributed by atoms with Crippen molar-refractivity contribution in [3.63, 3.8) is 0 Å². The van der Waals surface area contributed by atoms with E-state index in [4.69, 9.17) is 5.11 Å². The van der Waals surface area contributed by atoms with Crippen LogP contribution in [0.25, 0.3) is 0 Å². The molecule has 0 amide bonds. The van der Waals surface area contributed by atoms with E-state index in [0.717, 1.165) is 0 Å². The molecule has 0 unspecified atom stereocenters. The minimum Gasteiger partial charge on any atom is -0.394 e. The molecule has 0 aromatic heterocycles. The smallest absolute Gasteiger partial charge is 0.140 e. The maximum Gasteiger partial charge on any atom is 0.140 e. The maximum absolute atomic E-state index is 9.89. The molecular weight excluding hydrogens is 126 g/mol. The molecule has 0 saturated carbocycles. The summed E-state index contributed by atoms with van der Waals surface area (Å²) in [5, 5.41) is 8.35. The lowest BCUT2D eigenvalue weighted by molar-refractivity contribution is -0.109.